The van der Waals surface area contributed by atoms with E-state index in [0.29, 0.717) is 0 Å². The van der Waals surface area contributed by atoms with Gasteiger partial charge in [0.05, 0.1) is 0 Å². The van der Waals surface area contributed by atoms with Crippen LogP contribution in [0.25, 0.3) is 0 Å². The van der Waals surface area contributed by atoms with Crippen molar-refractivity contribution in [1.82, 2.24) is 0 Å². The van der Waals surface area contributed by atoms with Gasteiger partial charge in [0.15, 0.2) is 0 Å². The van der Waals surface area contributed by atoms with Crippen LogP contribution in [-0.4, -0.2) is 0 Å². The molecule has 1 nitrogen and oxygen atoms in total. The first-order chi connectivity index (χ1) is 1.41. The van der Waals surface area contributed by atoms with Gasteiger partial charge in [-0.3, -0.25) is 0 Å². The second-order valence-corrected chi connectivity index (χ2v) is 0.0583. The number of halogens is 2. The molecule has 0 bridgehead atoms. The van der Waals surface area contributed by atoms with Gasteiger partial charge < -0.3 is 0 Å². The van der Waals surface area contributed by atoms with E-state index in [9.17, 15) is 0 Å². The van der Waals surface area contributed by atoms with Gasteiger partial charge >= 0.3 is 0 Å². The van der Waals surface area contributed by atoms with E-state index >= 15 is 0 Å². The molecule has 0 saturated heterocycles. The van der Waals surface area contributed by atoms with Crippen LogP contribution in [0.2, 0.25) is 0 Å². The first-order valence-corrected chi connectivity index (χ1v) is 0.309. The van der Waals surface area contributed by atoms with Crippen molar-refractivity contribution in [1.29, 1.82) is 0 Å². The third-order valence-corrected chi connectivity index (χ3v) is 0. The van der Waals surface area contributed by atoms with Crippen LogP contribution in [0.3, 0.4) is 0 Å². The summed E-state index contributed by atoms with van der Waals surface area (Å²) in [6, 6.07) is 0. The first kappa shape index (κ1) is 8.83. The van der Waals surface area contributed by atoms with Crippen molar-refractivity contribution < 1.29 is 41.9 Å². The normalized spacial score (nSPS) is 4.50. The summed E-state index contributed by atoms with van der Waals surface area (Å²) in [5, 5.41) is 1.25. The van der Waals surface area contributed by atoms with E-state index < -0.39 is 0 Å². The smallest absolute Gasteiger partial charge is 0.0104 e. The monoisotopic (exact) mass is 256 g/mol. The first-order valence-electron chi connectivity index (χ1n) is 0.309. The average molecular weight is 255 g/mol. The van der Waals surface area contributed by atoms with Crippen LogP contribution in [0, 0.1) is 0 Å². The molecule has 4 heavy (non-hydrogen) atoms. The summed E-state index contributed by atoms with van der Waals surface area (Å²) in [5.41, 5.74) is 0. The minimum absolute atomic E-state index is 0. The van der Waals surface area contributed by atoms with Gasteiger partial charge in [0.2, 0.25) is 0 Å². The zero-order chi connectivity index (χ0) is 2.71. The second kappa shape index (κ2) is 9.25. The third kappa shape index (κ3) is 14.9. The maximum atomic E-state index is 9.12. The Balaban J connectivity index is 0. The molecule has 0 aliphatic rings. The van der Waals surface area contributed by atoms with Crippen LogP contribution < -0.4 is 0 Å². The Labute approximate surface area is 42.3 Å². The van der Waals surface area contributed by atoms with Gasteiger partial charge in [0, 0.05) is 32.8 Å². The minimum atomic E-state index is 0. The summed E-state index contributed by atoms with van der Waals surface area (Å²) in [6.45, 7) is 0. The molecule has 0 heterocycles. The van der Waals surface area contributed by atoms with Crippen LogP contribution in [0.15, 0.2) is 0 Å². The fourth-order valence-corrected chi connectivity index (χ4v) is 0. The topological polar surface area (TPSA) is 9.23 Å². The summed E-state index contributed by atoms with van der Waals surface area (Å²) in [7, 11) is 0. The Morgan fingerprint density at radius 3 is 1.25 bits per heavy atom. The van der Waals surface area contributed by atoms with E-state index in [-0.39, 0.29) is 27.7 Å². The van der Waals surface area contributed by atoms with E-state index in [2.05, 4.69) is 0 Å². The second-order valence-electron chi connectivity index (χ2n) is 0.0583. The molecule has 0 aliphatic carbocycles. The fraction of sp³-hybridized carbons (Fsp3) is 0. The molecule has 0 amide bonds. The van der Waals surface area contributed by atoms with Crippen molar-refractivity contribution in [3.8, 4) is 0 Å². The molecule has 0 rings (SSSR count). The standard InChI is InChI=1S/F2O.Hg/c1-3-2;. The molecule has 22 valence electrons. The van der Waals surface area contributed by atoms with Gasteiger partial charge in [-0.15, -0.1) is 0 Å². The third-order valence-electron chi connectivity index (χ3n) is 0. The van der Waals surface area contributed by atoms with Crippen LogP contribution in [0.1, 0.15) is 0 Å². The average Bonchev–Trinajstić information content (AvgIpc) is 0.918. The molecule has 0 atom stereocenters. The molecule has 0 spiro atoms. The summed E-state index contributed by atoms with van der Waals surface area (Å²) in [6.07, 6.45) is 0. The van der Waals surface area contributed by atoms with E-state index in [0.717, 1.165) is 0 Å². The predicted molar refractivity (Wildman–Crippen MR) is 3.30 cm³/mol. The molecular weight excluding hydrogens is 255 g/mol. The van der Waals surface area contributed by atoms with Crippen molar-refractivity contribution in [2.75, 3.05) is 0 Å². The number of hydrogen-bond acceptors (Lipinski definition) is 1. The summed E-state index contributed by atoms with van der Waals surface area (Å²) in [5.74, 6) is 0. The molecule has 0 aromatic rings. The van der Waals surface area contributed by atoms with Crippen molar-refractivity contribution in [2.24, 2.45) is 0 Å². The quantitative estimate of drug-likeness (QED) is 0.580. The zero-order valence-corrected chi connectivity index (χ0v) is 7.37. The molecule has 0 aliphatic heterocycles. The van der Waals surface area contributed by atoms with Gasteiger partial charge in [0.1, 0.15) is 0 Å². The zero-order valence-electron chi connectivity index (χ0n) is 1.87. The fourth-order valence-electron chi connectivity index (χ4n) is 0. The number of hydrogen-bond donors (Lipinski definition) is 0. The molecule has 0 aromatic carbocycles. The predicted octanol–water partition coefficient (Wildman–Crippen LogP) is 0.770. The van der Waals surface area contributed by atoms with Gasteiger partial charge in [-0.25, -0.2) is 0 Å². The summed E-state index contributed by atoms with van der Waals surface area (Å²) in [4.78, 5) is 0. The summed E-state index contributed by atoms with van der Waals surface area (Å²) >= 11 is 0. The minimum Gasteiger partial charge on any atom is -0.0104 e. The van der Waals surface area contributed by atoms with E-state index in [1.165, 1.54) is 5.15 Å². The van der Waals surface area contributed by atoms with Crippen molar-refractivity contribution >= 4 is 0 Å². The Morgan fingerprint density at radius 1 is 1.25 bits per heavy atom. The van der Waals surface area contributed by atoms with Crippen LogP contribution in [-0.2, 0) is 32.8 Å². The van der Waals surface area contributed by atoms with Gasteiger partial charge in [-0.05, 0) is 9.05 Å². The van der Waals surface area contributed by atoms with Crippen molar-refractivity contribution in [2.45, 2.75) is 0 Å². The van der Waals surface area contributed by atoms with Crippen LogP contribution >= 0.6 is 0 Å². The van der Waals surface area contributed by atoms with E-state index in [1.54, 1.807) is 0 Å². The molecule has 4 heteroatoms. The maximum absolute atomic E-state index is 9.12. The van der Waals surface area contributed by atoms with Gasteiger partial charge in [-0.2, -0.15) is 0 Å². The molecule has 0 unspecified atom stereocenters. The maximum Gasteiger partial charge on any atom is 0.0209 e. The van der Waals surface area contributed by atoms with E-state index in [1.807, 2.05) is 0 Å². The van der Waals surface area contributed by atoms with Gasteiger partial charge in [0.25, 0.3) is 0 Å². The Morgan fingerprint density at radius 2 is 1.25 bits per heavy atom. The molecule has 0 N–H and O–H groups in total. The van der Waals surface area contributed by atoms with Crippen molar-refractivity contribution in [3.05, 3.63) is 0 Å². The van der Waals surface area contributed by atoms with Crippen LogP contribution in [0.4, 0.5) is 9.05 Å². The van der Waals surface area contributed by atoms with E-state index in [4.69, 9.17) is 9.05 Å². The molecule has 0 radical (unpaired) electrons. The number of rotatable bonds is 0. The molecule has 0 fully saturated rings. The van der Waals surface area contributed by atoms with Crippen molar-refractivity contribution in [3.63, 3.8) is 0 Å². The Kier molecular flexibility index (Phi) is 20.4. The van der Waals surface area contributed by atoms with Gasteiger partial charge in [-0.1, -0.05) is 0 Å². The summed E-state index contributed by atoms with van der Waals surface area (Å²) < 4.78 is 18.2. The molecule has 0 aromatic heterocycles. The largest absolute Gasteiger partial charge is 0.0209 e. The Hall–Kier alpha value is 0.755. The molecular formula is F2HgO. The SMILES string of the molecule is FOF.[Hg]. The molecule has 0 saturated carbocycles. The Bertz CT molecular complexity index is 6.00. The van der Waals surface area contributed by atoms with Crippen LogP contribution in [0.5, 0.6) is 0 Å².